The van der Waals surface area contributed by atoms with Gasteiger partial charge in [0, 0.05) is 29.2 Å². The molecule has 1 saturated heterocycles. The summed E-state index contributed by atoms with van der Waals surface area (Å²) in [5.41, 5.74) is 11.7. The van der Waals surface area contributed by atoms with Crippen molar-refractivity contribution in [1.29, 1.82) is 0 Å². The van der Waals surface area contributed by atoms with E-state index in [1.54, 1.807) is 24.3 Å². The molecule has 0 radical (unpaired) electrons. The van der Waals surface area contributed by atoms with Crippen LogP contribution in [-0.4, -0.2) is 36.7 Å². The predicted octanol–water partition coefficient (Wildman–Crippen LogP) is 4.10. The highest BCUT2D eigenvalue weighted by molar-refractivity contribution is 7.92. The molecule has 3 aromatic rings. The van der Waals surface area contributed by atoms with E-state index in [0.29, 0.717) is 37.2 Å². The summed E-state index contributed by atoms with van der Waals surface area (Å²) in [5.74, 6) is 0.268. The predicted molar refractivity (Wildman–Crippen MR) is 134 cm³/mol. The average Bonchev–Trinajstić information content (AvgIpc) is 2.86. The van der Waals surface area contributed by atoms with Crippen LogP contribution in [-0.2, 0) is 16.0 Å². The molecule has 0 aliphatic carbocycles. The van der Waals surface area contributed by atoms with E-state index in [9.17, 15) is 21.6 Å². The fourth-order valence-electron chi connectivity index (χ4n) is 3.83. The Morgan fingerprint density at radius 3 is 2.25 bits per heavy atom. The van der Waals surface area contributed by atoms with Crippen LogP contribution in [0.15, 0.2) is 53.7 Å². The molecular formula is C24H25F3N6O2S. The molecular weight excluding hydrogens is 493 g/mol. The highest BCUT2D eigenvalue weighted by Crippen LogP contribution is 2.35. The first-order valence-electron chi connectivity index (χ1n) is 11.1. The Balaban J connectivity index is 1.44. The summed E-state index contributed by atoms with van der Waals surface area (Å²) in [7, 11) is -3.39. The monoisotopic (exact) mass is 518 g/mol. The number of hydrogen-bond acceptors (Lipinski definition) is 8. The van der Waals surface area contributed by atoms with Gasteiger partial charge in [0.1, 0.15) is 0 Å². The molecule has 1 fully saturated rings. The number of nitrogens with two attached hydrogens (primary N) is 2. The first kappa shape index (κ1) is 25.5. The lowest BCUT2D eigenvalue weighted by atomic mass is 10.1. The van der Waals surface area contributed by atoms with E-state index in [4.69, 9.17) is 11.5 Å². The van der Waals surface area contributed by atoms with Crippen molar-refractivity contribution in [3.8, 4) is 0 Å². The maximum atomic E-state index is 13.1. The molecule has 0 saturated carbocycles. The maximum Gasteiger partial charge on any atom is 0.416 e. The molecule has 4 rings (SSSR count). The van der Waals surface area contributed by atoms with Crippen LogP contribution in [0.4, 0.5) is 36.2 Å². The number of anilines is 4. The molecule has 1 aromatic heterocycles. The van der Waals surface area contributed by atoms with Crippen LogP contribution in [0.1, 0.15) is 29.5 Å². The summed E-state index contributed by atoms with van der Waals surface area (Å²) in [4.78, 5) is 8.66. The van der Waals surface area contributed by atoms with E-state index in [2.05, 4.69) is 20.6 Å². The van der Waals surface area contributed by atoms with Crippen molar-refractivity contribution >= 4 is 45.0 Å². The van der Waals surface area contributed by atoms with Gasteiger partial charge in [-0.15, -0.1) is 0 Å². The highest BCUT2D eigenvalue weighted by Gasteiger charge is 2.31. The zero-order valence-corrected chi connectivity index (χ0v) is 19.9. The third-order valence-electron chi connectivity index (χ3n) is 5.86. The van der Waals surface area contributed by atoms with Gasteiger partial charge in [-0.2, -0.15) is 13.2 Å². The Kier molecular flexibility index (Phi) is 7.18. The van der Waals surface area contributed by atoms with Crippen molar-refractivity contribution in [2.45, 2.75) is 29.2 Å². The van der Waals surface area contributed by atoms with Gasteiger partial charge in [0.15, 0.2) is 9.84 Å². The molecule has 0 amide bonds. The normalized spacial score (nSPS) is 15.3. The van der Waals surface area contributed by atoms with Gasteiger partial charge in [0.05, 0.1) is 27.1 Å². The zero-order chi connectivity index (χ0) is 25.9. The molecule has 6 N–H and O–H groups in total. The summed E-state index contributed by atoms with van der Waals surface area (Å²) in [5, 5.41) is 5.77. The lowest BCUT2D eigenvalue weighted by molar-refractivity contribution is -0.137. The number of sulfone groups is 1. The van der Waals surface area contributed by atoms with E-state index >= 15 is 0 Å². The van der Waals surface area contributed by atoms with Gasteiger partial charge in [-0.05, 0) is 62.3 Å². The molecule has 190 valence electrons. The van der Waals surface area contributed by atoms with Crippen LogP contribution in [0, 0.1) is 0 Å². The zero-order valence-electron chi connectivity index (χ0n) is 19.1. The topological polar surface area (TPSA) is 136 Å². The summed E-state index contributed by atoms with van der Waals surface area (Å²) >= 11 is 0. The molecule has 8 nitrogen and oxygen atoms in total. The molecule has 2 aromatic carbocycles. The van der Waals surface area contributed by atoms with Crippen LogP contribution in [0.2, 0.25) is 0 Å². The summed E-state index contributed by atoms with van der Waals surface area (Å²) < 4.78 is 64.8. The van der Waals surface area contributed by atoms with E-state index in [1.165, 1.54) is 24.5 Å². The fourth-order valence-corrected chi connectivity index (χ4v) is 5.59. The minimum Gasteiger partial charge on any atom is -0.397 e. The lowest BCUT2D eigenvalue weighted by Gasteiger charge is -2.22. The number of nitrogens with one attached hydrogen (secondary N) is 2. The van der Waals surface area contributed by atoms with Crippen LogP contribution in [0.25, 0.3) is 12.2 Å². The number of rotatable bonds is 6. The molecule has 2 heterocycles. The molecule has 0 unspecified atom stereocenters. The third-order valence-corrected chi connectivity index (χ3v) is 8.14. The van der Waals surface area contributed by atoms with Crippen LogP contribution in [0.5, 0.6) is 0 Å². The number of nitrogens with zero attached hydrogens (tertiary/aromatic N) is 2. The number of hydrogen-bond donors (Lipinski definition) is 4. The fraction of sp³-hybridized carbons (Fsp3) is 0.250. The number of aromatic nitrogens is 2. The van der Waals surface area contributed by atoms with Gasteiger partial charge in [0.25, 0.3) is 0 Å². The minimum absolute atomic E-state index is 0.0454. The number of alkyl halides is 3. The van der Waals surface area contributed by atoms with Gasteiger partial charge in [0.2, 0.25) is 5.95 Å². The van der Waals surface area contributed by atoms with Crippen LogP contribution in [0.3, 0.4) is 0 Å². The van der Waals surface area contributed by atoms with Crippen molar-refractivity contribution in [2.75, 3.05) is 29.9 Å². The Morgan fingerprint density at radius 2 is 1.64 bits per heavy atom. The van der Waals surface area contributed by atoms with Gasteiger partial charge >= 0.3 is 6.18 Å². The molecule has 12 heteroatoms. The summed E-state index contributed by atoms with van der Waals surface area (Å²) in [6.07, 6.45) is 2.53. The lowest BCUT2D eigenvalue weighted by Crippen LogP contribution is -2.35. The van der Waals surface area contributed by atoms with Crippen molar-refractivity contribution in [1.82, 2.24) is 15.3 Å². The summed E-state index contributed by atoms with van der Waals surface area (Å²) in [6.45, 7) is 1.38. The Morgan fingerprint density at radius 1 is 1.00 bits per heavy atom. The smallest absolute Gasteiger partial charge is 0.397 e. The van der Waals surface area contributed by atoms with Crippen molar-refractivity contribution in [2.24, 2.45) is 0 Å². The van der Waals surface area contributed by atoms with Crippen LogP contribution >= 0.6 is 0 Å². The van der Waals surface area contributed by atoms with E-state index in [-0.39, 0.29) is 33.0 Å². The second-order valence-electron chi connectivity index (χ2n) is 8.38. The number of halogens is 3. The largest absolute Gasteiger partial charge is 0.416 e. The molecule has 0 spiro atoms. The van der Waals surface area contributed by atoms with E-state index in [1.807, 2.05) is 0 Å². The number of nitrogen functional groups attached to an aromatic ring is 2. The van der Waals surface area contributed by atoms with Gasteiger partial charge in [-0.3, -0.25) is 0 Å². The molecule has 36 heavy (non-hydrogen) atoms. The van der Waals surface area contributed by atoms with Gasteiger partial charge in [-0.25, -0.2) is 18.4 Å². The van der Waals surface area contributed by atoms with Crippen molar-refractivity contribution in [3.63, 3.8) is 0 Å². The number of benzene rings is 2. The molecule has 1 aliphatic heterocycles. The van der Waals surface area contributed by atoms with Crippen molar-refractivity contribution < 1.29 is 21.6 Å². The van der Waals surface area contributed by atoms with E-state index < -0.39 is 21.6 Å². The van der Waals surface area contributed by atoms with E-state index in [0.717, 1.165) is 12.1 Å². The molecule has 1 aliphatic rings. The minimum atomic E-state index is -4.55. The Labute approximate surface area is 206 Å². The maximum absolute atomic E-state index is 13.1. The second kappa shape index (κ2) is 10.2. The Bertz CT molecular complexity index is 1350. The first-order chi connectivity index (χ1) is 17.0. The van der Waals surface area contributed by atoms with Gasteiger partial charge in [-0.1, -0.05) is 12.2 Å². The third kappa shape index (κ3) is 5.77. The quantitative estimate of drug-likeness (QED) is 0.358. The second-order valence-corrected chi connectivity index (χ2v) is 10.6. The standard InChI is InChI=1S/C24H25F3N6O2S/c25-24(26,27)17-11-16(22(29)21(28)12-17)2-1-15-13-31-23(32-14-15)33-18-3-5-19(6-4-18)36(34,35)20-7-9-30-10-8-20/h1-6,11-14,20,30H,7-10,28-29H2,(H,31,32,33). The van der Waals surface area contributed by atoms with Crippen LogP contribution < -0.4 is 22.1 Å². The SMILES string of the molecule is Nc1cc(C(F)(F)F)cc(C=Cc2cnc(Nc3ccc(S(=O)(=O)C4CCNCC4)cc3)nc2)c1N. The number of piperidine rings is 1. The average molecular weight is 519 g/mol. The molecule has 0 atom stereocenters. The summed E-state index contributed by atoms with van der Waals surface area (Å²) in [6, 6.07) is 8.13. The van der Waals surface area contributed by atoms with Crippen molar-refractivity contribution in [3.05, 3.63) is 65.5 Å². The first-order valence-corrected chi connectivity index (χ1v) is 12.7. The highest BCUT2D eigenvalue weighted by atomic mass is 32.2. The molecule has 0 bridgehead atoms. The van der Waals surface area contributed by atoms with Gasteiger partial charge < -0.3 is 22.1 Å². The Hall–Kier alpha value is -3.64.